The quantitative estimate of drug-likeness (QED) is 0.674. The molecule has 2 rings (SSSR count). The second-order valence-corrected chi connectivity index (χ2v) is 3.63. The minimum atomic E-state index is 0.605. The minimum absolute atomic E-state index is 0.605. The van der Waals surface area contributed by atoms with E-state index in [1.165, 1.54) is 0 Å². The zero-order valence-electron chi connectivity index (χ0n) is 9.48. The van der Waals surface area contributed by atoms with E-state index in [-0.39, 0.29) is 0 Å². The summed E-state index contributed by atoms with van der Waals surface area (Å²) in [5.74, 6) is 0.651. The molecule has 0 amide bonds. The third-order valence-corrected chi connectivity index (χ3v) is 2.49. The topological polar surface area (TPSA) is 34.6 Å². The number of anilines is 1. The van der Waals surface area contributed by atoms with Crippen molar-refractivity contribution in [1.29, 1.82) is 0 Å². The third kappa shape index (κ3) is 2.47. The second-order valence-electron chi connectivity index (χ2n) is 3.63. The van der Waals surface area contributed by atoms with Crippen LogP contribution in [0.3, 0.4) is 0 Å². The summed E-state index contributed by atoms with van der Waals surface area (Å²) >= 11 is 0. The molecule has 5 heteroatoms. The normalized spacial score (nSPS) is 16.2. The van der Waals surface area contributed by atoms with Gasteiger partial charge in [0.2, 0.25) is 5.88 Å². The smallest absolute Gasteiger partial charge is 0.237 e. The van der Waals surface area contributed by atoms with E-state index >= 15 is 0 Å². The van der Waals surface area contributed by atoms with Crippen molar-refractivity contribution in [3.63, 3.8) is 0 Å². The molecule has 2 radical (unpaired) electrons. The van der Waals surface area contributed by atoms with Gasteiger partial charge >= 0.3 is 0 Å². The highest BCUT2D eigenvalue weighted by Crippen LogP contribution is 2.25. The van der Waals surface area contributed by atoms with Gasteiger partial charge in [0.25, 0.3) is 0 Å². The van der Waals surface area contributed by atoms with E-state index in [4.69, 9.17) is 17.3 Å². The first-order valence-electron chi connectivity index (χ1n) is 5.52. The Balaban J connectivity index is 2.24. The summed E-state index contributed by atoms with van der Waals surface area (Å²) in [6.45, 7) is 5.73. The Kier molecular flexibility index (Phi) is 3.67. The lowest BCUT2D eigenvalue weighted by Crippen LogP contribution is -2.37. The Morgan fingerprint density at radius 2 is 2.25 bits per heavy atom. The molecule has 0 aliphatic carbocycles. The van der Waals surface area contributed by atoms with E-state index in [1.807, 2.05) is 13.0 Å². The van der Waals surface area contributed by atoms with Crippen molar-refractivity contribution in [3.8, 4) is 5.88 Å². The van der Waals surface area contributed by atoms with Crippen LogP contribution in [0.15, 0.2) is 12.3 Å². The van der Waals surface area contributed by atoms with Crippen LogP contribution in [0, 0.1) is 0 Å². The largest absolute Gasteiger partial charge is 0.476 e. The second kappa shape index (κ2) is 5.21. The fraction of sp³-hybridized carbons (Fsp3) is 0.545. The first-order chi connectivity index (χ1) is 7.81. The third-order valence-electron chi connectivity index (χ3n) is 2.49. The van der Waals surface area contributed by atoms with Crippen molar-refractivity contribution in [2.24, 2.45) is 0 Å². The molecule has 2 heterocycles. The van der Waals surface area contributed by atoms with E-state index in [0.29, 0.717) is 17.9 Å². The van der Waals surface area contributed by atoms with Crippen LogP contribution in [-0.2, 0) is 4.74 Å². The lowest BCUT2D eigenvalue weighted by atomic mass is 9.98. The van der Waals surface area contributed by atoms with Gasteiger partial charge in [-0.2, -0.15) is 0 Å². The van der Waals surface area contributed by atoms with Crippen molar-refractivity contribution < 1.29 is 9.47 Å². The summed E-state index contributed by atoms with van der Waals surface area (Å²) in [5.41, 5.74) is 1.62. The standard InChI is InChI=1S/C11H15BN2O2/c1-2-16-11-10(7-9(12)8-13-11)14-3-5-15-6-4-14/h7-8H,2-6H2,1H3. The monoisotopic (exact) mass is 218 g/mol. The van der Waals surface area contributed by atoms with Crippen molar-refractivity contribution in [1.82, 2.24) is 4.98 Å². The predicted molar refractivity (Wildman–Crippen MR) is 63.8 cm³/mol. The number of hydrogen-bond acceptors (Lipinski definition) is 4. The predicted octanol–water partition coefficient (Wildman–Crippen LogP) is 0.111. The van der Waals surface area contributed by atoms with Crippen LogP contribution in [0.5, 0.6) is 5.88 Å². The molecule has 0 unspecified atom stereocenters. The number of rotatable bonds is 3. The maximum atomic E-state index is 5.75. The molecule has 0 bridgehead atoms. The Bertz CT molecular complexity index is 354. The van der Waals surface area contributed by atoms with Gasteiger partial charge in [-0.3, -0.25) is 0 Å². The van der Waals surface area contributed by atoms with Crippen LogP contribution < -0.4 is 15.1 Å². The summed E-state index contributed by atoms with van der Waals surface area (Å²) in [7, 11) is 5.75. The number of pyridine rings is 1. The molecule has 84 valence electrons. The van der Waals surface area contributed by atoms with Crippen LogP contribution in [0.1, 0.15) is 6.92 Å². The average molecular weight is 218 g/mol. The molecule has 0 N–H and O–H groups in total. The van der Waals surface area contributed by atoms with Gasteiger partial charge < -0.3 is 14.4 Å². The number of aromatic nitrogens is 1. The van der Waals surface area contributed by atoms with Crippen molar-refractivity contribution >= 4 is 19.0 Å². The number of morpholine rings is 1. The molecule has 1 fully saturated rings. The SMILES string of the molecule is [B]c1cnc(OCC)c(N2CCOCC2)c1. The van der Waals surface area contributed by atoms with Gasteiger partial charge in [0.05, 0.1) is 25.5 Å². The van der Waals surface area contributed by atoms with Crippen LogP contribution in [0.2, 0.25) is 0 Å². The highest BCUT2D eigenvalue weighted by Gasteiger charge is 2.16. The average Bonchev–Trinajstić information content (AvgIpc) is 2.33. The summed E-state index contributed by atoms with van der Waals surface area (Å²) < 4.78 is 10.8. The van der Waals surface area contributed by atoms with Gasteiger partial charge in [-0.1, -0.05) is 5.46 Å². The number of hydrogen-bond donors (Lipinski definition) is 0. The van der Waals surface area contributed by atoms with Gasteiger partial charge in [-0.15, -0.1) is 0 Å². The molecule has 0 saturated carbocycles. The van der Waals surface area contributed by atoms with Crippen LogP contribution in [-0.4, -0.2) is 45.7 Å². The highest BCUT2D eigenvalue weighted by molar-refractivity contribution is 6.32. The molecule has 1 aromatic rings. The van der Waals surface area contributed by atoms with Crippen molar-refractivity contribution in [2.45, 2.75) is 6.92 Å². The zero-order chi connectivity index (χ0) is 11.4. The first-order valence-corrected chi connectivity index (χ1v) is 5.52. The minimum Gasteiger partial charge on any atom is -0.476 e. The Morgan fingerprint density at radius 3 is 2.94 bits per heavy atom. The van der Waals surface area contributed by atoms with Crippen molar-refractivity contribution in [3.05, 3.63) is 12.3 Å². The van der Waals surface area contributed by atoms with Crippen LogP contribution in [0.25, 0.3) is 0 Å². The van der Waals surface area contributed by atoms with Crippen LogP contribution >= 0.6 is 0 Å². The number of ether oxygens (including phenoxy) is 2. The molecule has 4 nitrogen and oxygen atoms in total. The first kappa shape index (κ1) is 11.3. The van der Waals surface area contributed by atoms with Gasteiger partial charge in [0.15, 0.2) is 0 Å². The molecule has 0 aromatic carbocycles. The lowest BCUT2D eigenvalue weighted by Gasteiger charge is -2.29. The highest BCUT2D eigenvalue weighted by atomic mass is 16.5. The molecular weight excluding hydrogens is 203 g/mol. The van der Waals surface area contributed by atoms with Gasteiger partial charge in [0.1, 0.15) is 7.85 Å². The molecular formula is C11H15BN2O2. The maximum Gasteiger partial charge on any atom is 0.237 e. The fourth-order valence-corrected chi connectivity index (χ4v) is 1.73. The van der Waals surface area contributed by atoms with E-state index in [2.05, 4.69) is 9.88 Å². The zero-order valence-corrected chi connectivity index (χ0v) is 9.48. The van der Waals surface area contributed by atoms with Crippen LogP contribution in [0.4, 0.5) is 5.69 Å². The fourth-order valence-electron chi connectivity index (χ4n) is 1.73. The number of nitrogens with zero attached hydrogens (tertiary/aromatic N) is 2. The van der Waals surface area contributed by atoms with E-state index in [0.717, 1.165) is 32.0 Å². The van der Waals surface area contributed by atoms with E-state index in [9.17, 15) is 0 Å². The molecule has 1 aliphatic heterocycles. The van der Waals surface area contributed by atoms with E-state index in [1.54, 1.807) is 6.20 Å². The molecule has 16 heavy (non-hydrogen) atoms. The Hall–Kier alpha value is -1.23. The van der Waals surface area contributed by atoms with Gasteiger partial charge in [-0.25, -0.2) is 4.98 Å². The molecule has 0 spiro atoms. The summed E-state index contributed by atoms with van der Waals surface area (Å²) in [5, 5.41) is 0. The van der Waals surface area contributed by atoms with Crippen molar-refractivity contribution in [2.75, 3.05) is 37.8 Å². The molecule has 1 saturated heterocycles. The van der Waals surface area contributed by atoms with E-state index < -0.39 is 0 Å². The summed E-state index contributed by atoms with van der Waals surface area (Å²) in [6, 6.07) is 1.91. The maximum absolute atomic E-state index is 5.75. The summed E-state index contributed by atoms with van der Waals surface area (Å²) in [4.78, 5) is 6.41. The lowest BCUT2D eigenvalue weighted by molar-refractivity contribution is 0.122. The molecule has 1 aromatic heterocycles. The van der Waals surface area contributed by atoms with Gasteiger partial charge in [-0.05, 0) is 13.0 Å². The Labute approximate surface area is 97.0 Å². The summed E-state index contributed by atoms with van der Waals surface area (Å²) in [6.07, 6.45) is 1.62. The molecule has 0 atom stereocenters. The Morgan fingerprint density at radius 1 is 1.50 bits per heavy atom. The molecule has 1 aliphatic rings. The van der Waals surface area contributed by atoms with Gasteiger partial charge in [0, 0.05) is 19.3 Å².